The molecule has 0 bridgehead atoms. The summed E-state index contributed by atoms with van der Waals surface area (Å²) in [5, 5.41) is 0.972. The molecule has 146 valence electrons. The predicted octanol–water partition coefficient (Wildman–Crippen LogP) is 6.20. The molecule has 0 aromatic heterocycles. The molecule has 1 aliphatic heterocycles. The number of Topliss-reactive ketones (excluding diaryl/α,β-unsaturated/α-hetero) is 1. The maximum atomic E-state index is 12.6. The summed E-state index contributed by atoms with van der Waals surface area (Å²) in [6.07, 6.45) is 1.71. The molecule has 29 heavy (non-hydrogen) atoms. The minimum atomic E-state index is -0.160. The molecule has 4 nitrogen and oxygen atoms in total. The second kappa shape index (κ2) is 8.19. The Labute approximate surface area is 178 Å². The Morgan fingerprint density at radius 2 is 1.69 bits per heavy atom. The van der Waals surface area contributed by atoms with Gasteiger partial charge in [-0.2, -0.15) is 0 Å². The summed E-state index contributed by atoms with van der Waals surface area (Å²) in [6.45, 7) is 0.318. The molecule has 6 heteroatoms. The summed E-state index contributed by atoms with van der Waals surface area (Å²) >= 11 is 12.0. The van der Waals surface area contributed by atoms with Crippen LogP contribution in [0.2, 0.25) is 10.0 Å². The van der Waals surface area contributed by atoms with E-state index in [2.05, 4.69) is 0 Å². The van der Waals surface area contributed by atoms with Gasteiger partial charge in [-0.1, -0.05) is 41.4 Å². The Bertz CT molecular complexity index is 1100. The molecule has 0 radical (unpaired) electrons. The number of hydrogen-bond donors (Lipinski definition) is 0. The third-order valence-electron chi connectivity index (χ3n) is 4.44. The molecule has 1 aliphatic rings. The van der Waals surface area contributed by atoms with Gasteiger partial charge >= 0.3 is 0 Å². The van der Waals surface area contributed by atoms with Crippen molar-refractivity contribution in [3.8, 4) is 17.2 Å². The zero-order chi connectivity index (χ0) is 20.4. The van der Waals surface area contributed by atoms with Crippen LogP contribution in [0.5, 0.6) is 17.2 Å². The number of methoxy groups -OCH3 is 1. The SMILES string of the molecule is COc1ccc(C=C2Oc3cc(OCc4ccc(Cl)c(Cl)c4)ccc3C2=O)cc1. The molecule has 1 heterocycles. The van der Waals surface area contributed by atoms with Gasteiger partial charge in [-0.3, -0.25) is 4.79 Å². The first kappa shape index (κ1) is 19.4. The first-order chi connectivity index (χ1) is 14.0. The van der Waals surface area contributed by atoms with E-state index in [0.29, 0.717) is 33.7 Å². The average molecular weight is 427 g/mol. The molecule has 0 unspecified atom stereocenters. The maximum Gasteiger partial charge on any atom is 0.231 e. The highest BCUT2D eigenvalue weighted by Gasteiger charge is 2.27. The first-order valence-electron chi connectivity index (χ1n) is 8.82. The van der Waals surface area contributed by atoms with E-state index < -0.39 is 0 Å². The van der Waals surface area contributed by atoms with Crippen molar-refractivity contribution < 1.29 is 19.0 Å². The van der Waals surface area contributed by atoms with Crippen LogP contribution in [0.4, 0.5) is 0 Å². The van der Waals surface area contributed by atoms with E-state index in [1.807, 2.05) is 30.3 Å². The Morgan fingerprint density at radius 1 is 0.931 bits per heavy atom. The molecule has 0 amide bonds. The zero-order valence-corrected chi connectivity index (χ0v) is 17.0. The third kappa shape index (κ3) is 4.24. The van der Waals surface area contributed by atoms with Crippen LogP contribution in [-0.4, -0.2) is 12.9 Å². The molecule has 3 aromatic carbocycles. The highest BCUT2D eigenvalue weighted by atomic mass is 35.5. The number of rotatable bonds is 5. The van der Waals surface area contributed by atoms with Crippen molar-refractivity contribution in [2.24, 2.45) is 0 Å². The van der Waals surface area contributed by atoms with Gasteiger partial charge in [0.1, 0.15) is 23.9 Å². The maximum absolute atomic E-state index is 12.6. The van der Waals surface area contributed by atoms with Crippen LogP contribution < -0.4 is 14.2 Å². The Balaban J connectivity index is 1.49. The summed E-state index contributed by atoms with van der Waals surface area (Å²) in [5.41, 5.74) is 2.24. The van der Waals surface area contributed by atoms with Crippen LogP contribution in [-0.2, 0) is 6.61 Å². The normalized spacial score (nSPS) is 13.9. The van der Waals surface area contributed by atoms with E-state index in [1.54, 1.807) is 43.5 Å². The largest absolute Gasteiger partial charge is 0.497 e. The molecule has 0 saturated heterocycles. The van der Waals surface area contributed by atoms with E-state index in [-0.39, 0.29) is 11.5 Å². The molecule has 4 rings (SSSR count). The second-order valence-electron chi connectivity index (χ2n) is 6.41. The van der Waals surface area contributed by atoms with E-state index in [1.165, 1.54) is 0 Å². The smallest absolute Gasteiger partial charge is 0.231 e. The van der Waals surface area contributed by atoms with Gasteiger partial charge in [0.25, 0.3) is 0 Å². The minimum Gasteiger partial charge on any atom is -0.497 e. The van der Waals surface area contributed by atoms with Gasteiger partial charge in [-0.25, -0.2) is 0 Å². The molecule has 0 N–H and O–H groups in total. The summed E-state index contributed by atoms with van der Waals surface area (Å²) in [6, 6.07) is 17.9. The van der Waals surface area contributed by atoms with Crippen LogP contribution in [0.1, 0.15) is 21.5 Å². The third-order valence-corrected chi connectivity index (χ3v) is 5.18. The van der Waals surface area contributed by atoms with Gasteiger partial charge < -0.3 is 14.2 Å². The molecule has 0 saturated carbocycles. The van der Waals surface area contributed by atoms with Crippen molar-refractivity contribution in [2.75, 3.05) is 7.11 Å². The van der Waals surface area contributed by atoms with Crippen LogP contribution in [0.3, 0.4) is 0 Å². The summed E-state index contributed by atoms with van der Waals surface area (Å²) in [5.74, 6) is 1.92. The van der Waals surface area contributed by atoms with Gasteiger partial charge in [0, 0.05) is 6.07 Å². The van der Waals surface area contributed by atoms with Gasteiger partial charge in [0.15, 0.2) is 5.76 Å². The molecule has 0 spiro atoms. The van der Waals surface area contributed by atoms with Crippen molar-refractivity contribution in [1.29, 1.82) is 0 Å². The van der Waals surface area contributed by atoms with Crippen LogP contribution in [0, 0.1) is 0 Å². The number of hydrogen-bond acceptors (Lipinski definition) is 4. The highest BCUT2D eigenvalue weighted by Crippen LogP contribution is 2.35. The topological polar surface area (TPSA) is 44.8 Å². The van der Waals surface area contributed by atoms with Crippen molar-refractivity contribution in [3.05, 3.63) is 93.2 Å². The lowest BCUT2D eigenvalue weighted by Gasteiger charge is -2.08. The van der Waals surface area contributed by atoms with Crippen molar-refractivity contribution >= 4 is 35.1 Å². The fraction of sp³-hybridized carbons (Fsp3) is 0.0870. The van der Waals surface area contributed by atoms with Gasteiger partial charge in [-0.15, -0.1) is 0 Å². The van der Waals surface area contributed by atoms with Crippen LogP contribution >= 0.6 is 23.2 Å². The molecular weight excluding hydrogens is 411 g/mol. The number of carbonyl (C=O) groups excluding carboxylic acids is 1. The van der Waals surface area contributed by atoms with Crippen molar-refractivity contribution in [2.45, 2.75) is 6.61 Å². The lowest BCUT2D eigenvalue weighted by atomic mass is 10.1. The molecular formula is C23H16Cl2O4. The lowest BCUT2D eigenvalue weighted by molar-refractivity contribution is 0.101. The number of fused-ring (bicyclic) bond motifs is 1. The highest BCUT2D eigenvalue weighted by molar-refractivity contribution is 6.42. The first-order valence-corrected chi connectivity index (χ1v) is 9.58. The molecule has 0 aliphatic carbocycles. The fourth-order valence-corrected chi connectivity index (χ4v) is 3.23. The number of carbonyl (C=O) groups is 1. The number of allylic oxidation sites excluding steroid dienone is 1. The van der Waals surface area contributed by atoms with Gasteiger partial charge in [0.2, 0.25) is 5.78 Å². The number of ether oxygens (including phenoxy) is 3. The van der Waals surface area contributed by atoms with E-state index in [4.69, 9.17) is 37.4 Å². The zero-order valence-electron chi connectivity index (χ0n) is 15.4. The summed E-state index contributed by atoms with van der Waals surface area (Å²) in [7, 11) is 1.61. The molecule has 0 atom stereocenters. The Hall–Kier alpha value is -2.95. The minimum absolute atomic E-state index is 0.160. The Kier molecular flexibility index (Phi) is 5.47. The molecule has 3 aromatic rings. The monoisotopic (exact) mass is 426 g/mol. The second-order valence-corrected chi connectivity index (χ2v) is 7.22. The summed E-state index contributed by atoms with van der Waals surface area (Å²) in [4.78, 5) is 12.6. The van der Waals surface area contributed by atoms with E-state index in [0.717, 1.165) is 16.9 Å². The fourth-order valence-electron chi connectivity index (χ4n) is 2.90. The van der Waals surface area contributed by atoms with Crippen LogP contribution in [0.15, 0.2) is 66.4 Å². The quantitative estimate of drug-likeness (QED) is 0.455. The van der Waals surface area contributed by atoms with Gasteiger partial charge in [0.05, 0.1) is 22.7 Å². The standard InChI is InChI=1S/C23H16Cl2O4/c1-27-16-5-2-14(3-6-16)11-22-23(26)18-8-7-17(12-21(18)29-22)28-13-15-4-9-19(24)20(25)10-15/h2-12H,13H2,1H3. The predicted molar refractivity (Wildman–Crippen MR) is 113 cm³/mol. The number of halogens is 2. The van der Waals surface area contributed by atoms with Crippen molar-refractivity contribution in [1.82, 2.24) is 0 Å². The average Bonchev–Trinajstić information content (AvgIpc) is 3.04. The Morgan fingerprint density at radius 3 is 2.41 bits per heavy atom. The lowest BCUT2D eigenvalue weighted by Crippen LogP contribution is -1.98. The van der Waals surface area contributed by atoms with Crippen LogP contribution in [0.25, 0.3) is 6.08 Å². The van der Waals surface area contributed by atoms with E-state index in [9.17, 15) is 4.79 Å². The number of ketones is 1. The van der Waals surface area contributed by atoms with Gasteiger partial charge in [-0.05, 0) is 53.6 Å². The number of benzene rings is 3. The molecule has 0 fully saturated rings. The van der Waals surface area contributed by atoms with Crippen molar-refractivity contribution in [3.63, 3.8) is 0 Å². The summed E-state index contributed by atoms with van der Waals surface area (Å²) < 4.78 is 16.7. The van der Waals surface area contributed by atoms with E-state index >= 15 is 0 Å².